The third kappa shape index (κ3) is 6.84. The van der Waals surface area contributed by atoms with Crippen LogP contribution < -0.4 is 5.32 Å². The highest BCUT2D eigenvalue weighted by molar-refractivity contribution is 5.98. The van der Waals surface area contributed by atoms with Gasteiger partial charge in [-0.15, -0.1) is 0 Å². The quantitative estimate of drug-likeness (QED) is 0.288. The van der Waals surface area contributed by atoms with Gasteiger partial charge < -0.3 is 34.3 Å². The number of benzene rings is 3. The van der Waals surface area contributed by atoms with Crippen LogP contribution in [0, 0.1) is 0 Å². The Morgan fingerprint density at radius 2 is 1.63 bits per heavy atom. The monoisotopic (exact) mass is 623 g/mol. The number of carbonyl (C=O) groups excluding carboxylic acids is 2. The average Bonchev–Trinajstić information content (AvgIpc) is 3.53. The number of imidazole rings is 1. The normalized spacial score (nSPS) is 21.6. The number of hydrogen-bond donors (Lipinski definition) is 2. The highest BCUT2D eigenvalue weighted by Crippen LogP contribution is 2.38. The van der Waals surface area contributed by atoms with Crippen molar-refractivity contribution in [3.05, 3.63) is 114 Å². The van der Waals surface area contributed by atoms with Crippen LogP contribution in [0.5, 0.6) is 0 Å². The lowest BCUT2D eigenvalue weighted by Crippen LogP contribution is -2.56. The smallest absolute Gasteiger partial charge is 0.410 e. The Balaban J connectivity index is 1.33. The number of ether oxygens (including phenoxy) is 2. The zero-order valence-corrected chi connectivity index (χ0v) is 26.1. The van der Waals surface area contributed by atoms with E-state index in [4.69, 9.17) is 14.5 Å². The third-order valence-corrected chi connectivity index (χ3v) is 8.99. The molecule has 3 atom stereocenters. The van der Waals surface area contributed by atoms with Crippen molar-refractivity contribution in [2.75, 3.05) is 46.4 Å². The number of rotatable bonds is 9. The fourth-order valence-corrected chi connectivity index (χ4v) is 6.58. The van der Waals surface area contributed by atoms with Gasteiger partial charge in [0.2, 0.25) is 0 Å². The molecule has 0 radical (unpaired) electrons. The molecule has 2 unspecified atom stereocenters. The van der Waals surface area contributed by atoms with Crippen molar-refractivity contribution in [3.63, 3.8) is 0 Å². The number of hydrogen-bond acceptors (Lipinski definition) is 7. The first-order chi connectivity index (χ1) is 22.5. The summed E-state index contributed by atoms with van der Waals surface area (Å²) in [6.07, 6.45) is 2.14. The number of carbonyl (C=O) groups is 2. The Bertz CT molecular complexity index is 1600. The summed E-state index contributed by atoms with van der Waals surface area (Å²) in [6, 6.07) is 28.6. The molecule has 2 saturated heterocycles. The predicted molar refractivity (Wildman–Crippen MR) is 174 cm³/mol. The molecule has 2 N–H and O–H groups in total. The summed E-state index contributed by atoms with van der Waals surface area (Å²) < 4.78 is 13.0. The van der Waals surface area contributed by atoms with Crippen LogP contribution in [0.4, 0.5) is 4.79 Å². The van der Waals surface area contributed by atoms with E-state index in [9.17, 15) is 14.7 Å². The SMILES string of the molecule is COCC1(O)CCN(C(=O)OCc2ccccc2)CC1n1cnc(C(=O)N2CCNC[C@H]2Cc2ccccc2)c1-c1ccccc1. The van der Waals surface area contributed by atoms with Gasteiger partial charge in [-0.3, -0.25) is 4.79 Å². The van der Waals surface area contributed by atoms with Crippen molar-refractivity contribution in [1.82, 2.24) is 24.7 Å². The maximum absolute atomic E-state index is 14.4. The number of piperazine rings is 1. The summed E-state index contributed by atoms with van der Waals surface area (Å²) in [7, 11) is 1.55. The number of amides is 2. The second-order valence-electron chi connectivity index (χ2n) is 12.0. The Morgan fingerprint density at radius 1 is 0.957 bits per heavy atom. The second kappa shape index (κ2) is 14.3. The van der Waals surface area contributed by atoms with Gasteiger partial charge in [-0.2, -0.15) is 0 Å². The molecule has 10 nitrogen and oxygen atoms in total. The molecule has 2 aliphatic heterocycles. The molecule has 0 saturated carbocycles. The highest BCUT2D eigenvalue weighted by Gasteiger charge is 2.46. The molecule has 46 heavy (non-hydrogen) atoms. The van der Waals surface area contributed by atoms with Gasteiger partial charge in [0.25, 0.3) is 5.91 Å². The van der Waals surface area contributed by atoms with Gasteiger partial charge in [-0.25, -0.2) is 9.78 Å². The molecule has 2 amide bonds. The van der Waals surface area contributed by atoms with Gasteiger partial charge >= 0.3 is 6.09 Å². The number of piperidine rings is 1. The number of nitrogens with zero attached hydrogens (tertiary/aromatic N) is 4. The van der Waals surface area contributed by atoms with E-state index in [1.807, 2.05) is 88.3 Å². The molecule has 3 heterocycles. The summed E-state index contributed by atoms with van der Waals surface area (Å²) in [6.45, 7) is 2.57. The van der Waals surface area contributed by atoms with E-state index >= 15 is 0 Å². The molecule has 2 aliphatic rings. The first kappa shape index (κ1) is 31.5. The standard InChI is InChI=1S/C36H41N5O5/c1-45-25-36(44)17-19-39(35(43)46-24-28-13-7-3-8-14-28)23-31(36)41-26-38-32(33(41)29-15-9-4-10-16-29)34(42)40-20-18-37-22-30(40)21-27-11-5-2-6-12-27/h2-16,26,30-31,37,44H,17-25H2,1H3/t30-,31?,36?/m1/s1. The van der Waals surface area contributed by atoms with Crippen LogP contribution in [0.15, 0.2) is 97.3 Å². The fraction of sp³-hybridized carbons (Fsp3) is 0.361. The maximum atomic E-state index is 14.4. The molecule has 0 bridgehead atoms. The van der Waals surface area contributed by atoms with Crippen LogP contribution in [0.25, 0.3) is 11.3 Å². The van der Waals surface area contributed by atoms with E-state index in [1.165, 1.54) is 0 Å². The van der Waals surface area contributed by atoms with E-state index in [2.05, 4.69) is 17.4 Å². The minimum Gasteiger partial charge on any atom is -0.445 e. The minimum absolute atomic E-state index is 0.0487. The highest BCUT2D eigenvalue weighted by atomic mass is 16.6. The van der Waals surface area contributed by atoms with Crippen molar-refractivity contribution in [3.8, 4) is 11.3 Å². The van der Waals surface area contributed by atoms with Crippen molar-refractivity contribution in [2.24, 2.45) is 0 Å². The van der Waals surface area contributed by atoms with Crippen LogP contribution in [0.3, 0.4) is 0 Å². The summed E-state index contributed by atoms with van der Waals surface area (Å²) in [4.78, 5) is 35.9. The van der Waals surface area contributed by atoms with E-state index in [1.54, 1.807) is 18.3 Å². The number of likely N-dealkylation sites (tertiary alicyclic amines) is 1. The molecular formula is C36H41N5O5. The van der Waals surface area contributed by atoms with Crippen molar-refractivity contribution >= 4 is 12.0 Å². The molecule has 1 aromatic heterocycles. The number of aliphatic hydroxyl groups is 1. The number of aromatic nitrogens is 2. The lowest BCUT2D eigenvalue weighted by molar-refractivity contribution is -0.102. The zero-order valence-electron chi connectivity index (χ0n) is 26.1. The number of methoxy groups -OCH3 is 1. The van der Waals surface area contributed by atoms with Crippen molar-refractivity contribution in [1.29, 1.82) is 0 Å². The van der Waals surface area contributed by atoms with Crippen LogP contribution in [0.1, 0.15) is 34.1 Å². The molecule has 4 aromatic rings. The van der Waals surface area contributed by atoms with Crippen LogP contribution in [-0.2, 0) is 22.5 Å². The van der Waals surface area contributed by atoms with Gasteiger partial charge in [-0.1, -0.05) is 91.0 Å². The molecule has 0 aliphatic carbocycles. The second-order valence-corrected chi connectivity index (χ2v) is 12.0. The topological polar surface area (TPSA) is 109 Å². The maximum Gasteiger partial charge on any atom is 0.410 e. The minimum atomic E-state index is -1.32. The Kier molecular flexibility index (Phi) is 9.77. The van der Waals surface area contributed by atoms with E-state index < -0.39 is 17.7 Å². The molecule has 6 rings (SSSR count). The van der Waals surface area contributed by atoms with Crippen LogP contribution in [0.2, 0.25) is 0 Å². The summed E-state index contributed by atoms with van der Waals surface area (Å²) in [5, 5.41) is 15.4. The van der Waals surface area contributed by atoms with Crippen molar-refractivity contribution < 1.29 is 24.2 Å². The van der Waals surface area contributed by atoms with Gasteiger partial charge in [0.1, 0.15) is 12.2 Å². The Hall–Kier alpha value is -4.51. The van der Waals surface area contributed by atoms with Crippen LogP contribution >= 0.6 is 0 Å². The Labute approximate surface area is 269 Å². The summed E-state index contributed by atoms with van der Waals surface area (Å²) in [5.74, 6) is -0.162. The predicted octanol–water partition coefficient (Wildman–Crippen LogP) is 4.17. The first-order valence-corrected chi connectivity index (χ1v) is 15.8. The summed E-state index contributed by atoms with van der Waals surface area (Å²) in [5.41, 5.74) is 2.44. The van der Waals surface area contributed by atoms with E-state index in [-0.39, 0.29) is 38.1 Å². The Morgan fingerprint density at radius 3 is 2.33 bits per heavy atom. The van der Waals surface area contributed by atoms with Gasteiger partial charge in [-0.05, 0) is 24.0 Å². The van der Waals surface area contributed by atoms with E-state index in [0.717, 1.165) is 23.1 Å². The van der Waals surface area contributed by atoms with Crippen LogP contribution in [-0.4, -0.2) is 94.5 Å². The number of nitrogens with one attached hydrogen (secondary N) is 1. The molecule has 0 spiro atoms. The molecule has 3 aromatic carbocycles. The first-order valence-electron chi connectivity index (χ1n) is 15.8. The summed E-state index contributed by atoms with van der Waals surface area (Å²) >= 11 is 0. The fourth-order valence-electron chi connectivity index (χ4n) is 6.58. The van der Waals surface area contributed by atoms with Gasteiger partial charge in [0, 0.05) is 51.4 Å². The van der Waals surface area contributed by atoms with Gasteiger partial charge in [0.15, 0.2) is 5.69 Å². The molecular weight excluding hydrogens is 582 g/mol. The molecule has 2 fully saturated rings. The zero-order chi connectivity index (χ0) is 31.9. The van der Waals surface area contributed by atoms with Crippen molar-refractivity contribution in [2.45, 2.75) is 37.1 Å². The third-order valence-electron chi connectivity index (χ3n) is 8.99. The van der Waals surface area contributed by atoms with E-state index in [0.29, 0.717) is 37.6 Å². The van der Waals surface area contributed by atoms with Gasteiger partial charge in [0.05, 0.1) is 24.7 Å². The molecule has 10 heteroatoms. The largest absolute Gasteiger partial charge is 0.445 e. The molecule has 240 valence electrons. The average molecular weight is 624 g/mol. The lowest BCUT2D eigenvalue weighted by Gasteiger charge is -2.44. The lowest BCUT2D eigenvalue weighted by atomic mass is 9.86.